The lowest BCUT2D eigenvalue weighted by atomic mass is 9.75. The zero-order valence-corrected chi connectivity index (χ0v) is 12.9. The minimum absolute atomic E-state index is 0.0741. The largest absolute Gasteiger partial charge is 0.458 e. The minimum atomic E-state index is -0.551. The first-order chi connectivity index (χ1) is 10.6. The zero-order chi connectivity index (χ0) is 15.6. The van der Waals surface area contributed by atoms with Crippen LogP contribution in [-0.4, -0.2) is 38.8 Å². The number of esters is 1. The van der Waals surface area contributed by atoms with Crippen LogP contribution < -0.4 is 5.32 Å². The maximum absolute atomic E-state index is 12.5. The summed E-state index contributed by atoms with van der Waals surface area (Å²) in [4.78, 5) is 28.3. The van der Waals surface area contributed by atoms with Gasteiger partial charge in [-0.2, -0.15) is 5.10 Å². The molecule has 0 unspecified atom stereocenters. The molecule has 1 spiro atoms. The van der Waals surface area contributed by atoms with Gasteiger partial charge >= 0.3 is 5.97 Å². The van der Waals surface area contributed by atoms with Crippen molar-refractivity contribution in [3.8, 4) is 0 Å². The lowest BCUT2D eigenvalue weighted by Crippen LogP contribution is -2.46. The van der Waals surface area contributed by atoms with E-state index in [2.05, 4.69) is 15.4 Å². The molecule has 0 radical (unpaired) electrons. The summed E-state index contributed by atoms with van der Waals surface area (Å²) in [6, 6.07) is 0. The summed E-state index contributed by atoms with van der Waals surface area (Å²) in [5.74, 6) is 0.163. The maximum Gasteiger partial charge on any atom is 0.307 e. The smallest absolute Gasteiger partial charge is 0.307 e. The minimum Gasteiger partial charge on any atom is -0.458 e. The van der Waals surface area contributed by atoms with E-state index in [0.29, 0.717) is 13.0 Å². The van der Waals surface area contributed by atoms with Crippen molar-refractivity contribution in [1.82, 2.24) is 20.1 Å². The van der Waals surface area contributed by atoms with Gasteiger partial charge in [-0.05, 0) is 25.7 Å². The first-order valence-electron chi connectivity index (χ1n) is 7.93. The number of carbonyl (C=O) groups is 2. The van der Waals surface area contributed by atoms with E-state index in [1.165, 1.54) is 6.33 Å². The topological polar surface area (TPSA) is 86.1 Å². The molecule has 1 N–H and O–H groups in total. The highest BCUT2D eigenvalue weighted by molar-refractivity contribution is 5.87. The summed E-state index contributed by atoms with van der Waals surface area (Å²) in [7, 11) is 1.82. The molecule has 120 valence electrons. The first kappa shape index (κ1) is 15.0. The molecular formula is C15H22N4O3. The van der Waals surface area contributed by atoms with Crippen molar-refractivity contribution in [3.05, 3.63) is 12.2 Å². The molecule has 7 heteroatoms. The van der Waals surface area contributed by atoms with Crippen LogP contribution in [0.4, 0.5) is 0 Å². The number of hydrogen-bond donors (Lipinski definition) is 1. The highest BCUT2D eigenvalue weighted by atomic mass is 16.6. The molecule has 2 fully saturated rings. The second kappa shape index (κ2) is 6.06. The number of aromatic nitrogens is 3. The molecule has 0 bridgehead atoms. The number of ether oxygens (including phenoxy) is 1. The second-order valence-corrected chi connectivity index (χ2v) is 6.20. The van der Waals surface area contributed by atoms with Gasteiger partial charge in [-0.25, -0.2) is 4.98 Å². The molecule has 2 aliphatic rings. The Morgan fingerprint density at radius 2 is 2.23 bits per heavy atom. The van der Waals surface area contributed by atoms with Gasteiger partial charge in [-0.3, -0.25) is 14.3 Å². The zero-order valence-electron chi connectivity index (χ0n) is 12.9. The lowest BCUT2D eigenvalue weighted by Gasteiger charge is -2.36. The second-order valence-electron chi connectivity index (χ2n) is 6.20. The van der Waals surface area contributed by atoms with Crippen molar-refractivity contribution in [1.29, 1.82) is 0 Å². The molecule has 1 aromatic heterocycles. The number of rotatable bonds is 4. The van der Waals surface area contributed by atoms with Crippen molar-refractivity contribution >= 4 is 11.9 Å². The Labute approximate surface area is 129 Å². The molecule has 1 saturated heterocycles. The van der Waals surface area contributed by atoms with Crippen LogP contribution >= 0.6 is 0 Å². The van der Waals surface area contributed by atoms with E-state index < -0.39 is 5.60 Å². The third kappa shape index (κ3) is 2.84. The van der Waals surface area contributed by atoms with Crippen molar-refractivity contribution in [2.75, 3.05) is 6.54 Å². The van der Waals surface area contributed by atoms with Crippen LogP contribution in [0, 0.1) is 5.92 Å². The molecule has 1 atom stereocenters. The van der Waals surface area contributed by atoms with Crippen LogP contribution in [0.25, 0.3) is 0 Å². The van der Waals surface area contributed by atoms with Gasteiger partial charge in [0.2, 0.25) is 5.91 Å². The first-order valence-corrected chi connectivity index (χ1v) is 7.93. The van der Waals surface area contributed by atoms with Crippen molar-refractivity contribution in [3.63, 3.8) is 0 Å². The van der Waals surface area contributed by atoms with Gasteiger partial charge in [0, 0.05) is 20.0 Å². The maximum atomic E-state index is 12.5. The van der Waals surface area contributed by atoms with E-state index in [9.17, 15) is 9.59 Å². The fourth-order valence-corrected chi connectivity index (χ4v) is 3.59. The predicted molar refractivity (Wildman–Crippen MR) is 77.7 cm³/mol. The normalized spacial score (nSPS) is 23.5. The highest BCUT2D eigenvalue weighted by Crippen LogP contribution is 2.44. The Morgan fingerprint density at radius 1 is 1.45 bits per heavy atom. The third-order valence-electron chi connectivity index (χ3n) is 4.79. The molecule has 7 nitrogen and oxygen atoms in total. The van der Waals surface area contributed by atoms with Crippen molar-refractivity contribution in [2.24, 2.45) is 13.0 Å². The Morgan fingerprint density at radius 3 is 2.91 bits per heavy atom. The van der Waals surface area contributed by atoms with Gasteiger partial charge < -0.3 is 10.1 Å². The van der Waals surface area contributed by atoms with Gasteiger partial charge in [0.15, 0.2) is 0 Å². The van der Waals surface area contributed by atoms with Crippen LogP contribution in [0.3, 0.4) is 0 Å². The van der Waals surface area contributed by atoms with Crippen LogP contribution in [-0.2, 0) is 27.8 Å². The Bertz CT molecular complexity index is 563. The van der Waals surface area contributed by atoms with E-state index >= 15 is 0 Å². The predicted octanol–water partition coefficient (Wildman–Crippen LogP) is 0.740. The highest BCUT2D eigenvalue weighted by Gasteiger charge is 2.52. The van der Waals surface area contributed by atoms with E-state index in [-0.39, 0.29) is 24.2 Å². The van der Waals surface area contributed by atoms with Gasteiger partial charge in [0.1, 0.15) is 17.8 Å². The number of aryl methyl sites for hydroxylation is 1. The Balaban J connectivity index is 1.58. The molecule has 22 heavy (non-hydrogen) atoms. The van der Waals surface area contributed by atoms with Crippen molar-refractivity contribution in [2.45, 2.75) is 50.5 Å². The summed E-state index contributed by atoms with van der Waals surface area (Å²) < 4.78 is 7.26. The van der Waals surface area contributed by atoms with Crippen LogP contribution in [0.5, 0.6) is 0 Å². The van der Waals surface area contributed by atoms with E-state index in [1.54, 1.807) is 4.68 Å². The lowest BCUT2D eigenvalue weighted by molar-refractivity contribution is -0.153. The molecule has 0 aromatic carbocycles. The van der Waals surface area contributed by atoms with Gasteiger partial charge in [-0.15, -0.1) is 0 Å². The molecule has 3 rings (SSSR count). The number of nitrogens with one attached hydrogen (secondary N) is 1. The van der Waals surface area contributed by atoms with E-state index in [4.69, 9.17) is 4.74 Å². The summed E-state index contributed by atoms with van der Waals surface area (Å²) in [6.07, 6.45) is 7.14. The molecule has 1 aliphatic heterocycles. The molecule has 1 aromatic rings. The Hall–Kier alpha value is -1.92. The Kier molecular flexibility index (Phi) is 4.13. The summed E-state index contributed by atoms with van der Waals surface area (Å²) >= 11 is 0. The monoisotopic (exact) mass is 306 g/mol. The molecule has 2 heterocycles. The van der Waals surface area contributed by atoms with Crippen LogP contribution in [0.1, 0.15) is 44.3 Å². The fraction of sp³-hybridized carbons (Fsp3) is 0.733. The summed E-state index contributed by atoms with van der Waals surface area (Å²) in [5.41, 5.74) is -0.551. The molecule has 1 aliphatic carbocycles. The van der Waals surface area contributed by atoms with Gasteiger partial charge in [0.05, 0.1) is 12.3 Å². The number of amides is 1. The number of nitrogens with zero attached hydrogens (tertiary/aromatic N) is 3. The van der Waals surface area contributed by atoms with Crippen LogP contribution in [0.15, 0.2) is 6.33 Å². The fourth-order valence-electron chi connectivity index (χ4n) is 3.59. The summed E-state index contributed by atoms with van der Waals surface area (Å²) in [5, 5.41) is 6.93. The van der Waals surface area contributed by atoms with E-state index in [1.807, 2.05) is 7.05 Å². The average molecular weight is 306 g/mol. The number of carbonyl (C=O) groups excluding carboxylic acids is 2. The SMILES string of the molecule is Cn1ncnc1CCNC(=O)[C@H]1CC(=O)OC12CCCCC2. The number of hydrogen-bond acceptors (Lipinski definition) is 5. The third-order valence-corrected chi connectivity index (χ3v) is 4.79. The summed E-state index contributed by atoms with van der Waals surface area (Å²) in [6.45, 7) is 0.492. The molecular weight excluding hydrogens is 284 g/mol. The van der Waals surface area contributed by atoms with E-state index in [0.717, 1.165) is 37.9 Å². The van der Waals surface area contributed by atoms with Gasteiger partial charge in [-0.1, -0.05) is 6.42 Å². The quantitative estimate of drug-likeness (QED) is 0.829. The molecule has 1 amide bonds. The van der Waals surface area contributed by atoms with Gasteiger partial charge in [0.25, 0.3) is 0 Å². The average Bonchev–Trinajstić information content (AvgIpc) is 3.04. The standard InChI is InChI=1S/C15H22N4O3/c1-19-12(17-10-18-19)5-8-16-14(21)11-9-13(20)22-15(11)6-3-2-4-7-15/h10-11H,2-9H2,1H3,(H,16,21)/t11-/m1/s1. The van der Waals surface area contributed by atoms with Crippen molar-refractivity contribution < 1.29 is 14.3 Å². The molecule has 1 saturated carbocycles. The van der Waals surface area contributed by atoms with Crippen LogP contribution in [0.2, 0.25) is 0 Å².